The van der Waals surface area contributed by atoms with E-state index in [0.29, 0.717) is 0 Å². The third-order valence-corrected chi connectivity index (χ3v) is 3.59. The Bertz CT molecular complexity index is 110. The predicted octanol–water partition coefficient (Wildman–Crippen LogP) is 4.03. The lowest BCUT2D eigenvalue weighted by atomic mass is 10.1. The van der Waals surface area contributed by atoms with Crippen LogP contribution in [-0.4, -0.2) is 3.23 Å². The normalized spacial score (nSPS) is 23.1. The third-order valence-electron chi connectivity index (χ3n) is 1.91. The van der Waals surface area contributed by atoms with Crippen LogP contribution in [0.15, 0.2) is 0 Å². The summed E-state index contributed by atoms with van der Waals surface area (Å²) in [6, 6.07) is 0. The fraction of sp³-hybridized carbons (Fsp3) is 0.875. The van der Waals surface area contributed by atoms with Gasteiger partial charge in [0.2, 0.25) is 0 Å². The molecule has 0 spiro atoms. The highest BCUT2D eigenvalue weighted by Crippen LogP contribution is 2.60. The van der Waals surface area contributed by atoms with Crippen LogP contribution in [0.2, 0.25) is 0 Å². The summed E-state index contributed by atoms with van der Waals surface area (Å²) < 4.78 is 0.258. The summed E-state index contributed by atoms with van der Waals surface area (Å²) in [5.74, 6) is 1.64. The van der Waals surface area contributed by atoms with E-state index >= 15 is 0 Å². The highest BCUT2D eigenvalue weighted by Gasteiger charge is 2.49. The van der Waals surface area contributed by atoms with Gasteiger partial charge < -0.3 is 0 Å². The smallest absolute Gasteiger partial charge is 0.0721 e. The van der Waals surface area contributed by atoms with Crippen molar-refractivity contribution in [2.45, 2.75) is 42.3 Å². The van der Waals surface area contributed by atoms with E-state index in [1.165, 1.54) is 32.1 Å². The molecule has 0 unspecified atom stereocenters. The average molecular weight is 269 g/mol. The number of unbranched alkanes of at least 4 members (excludes halogenated alkanes) is 2. The Morgan fingerprint density at radius 2 is 2.00 bits per heavy atom. The van der Waals surface area contributed by atoms with E-state index in [1.54, 1.807) is 5.92 Å². The van der Waals surface area contributed by atoms with Gasteiger partial charge in [-0.3, -0.25) is 0 Å². The zero-order valence-corrected chi connectivity index (χ0v) is 9.46. The summed E-state index contributed by atoms with van der Waals surface area (Å²) >= 11 is 7.17. The molecule has 0 aromatic carbocycles. The number of hydrogen-bond acceptors (Lipinski definition) is 0. The Hall–Kier alpha value is 0.960. The van der Waals surface area contributed by atoms with Gasteiger partial charge in [0.1, 0.15) is 0 Å². The Labute approximate surface area is 80.0 Å². The van der Waals surface area contributed by atoms with Crippen molar-refractivity contribution in [3.8, 4) is 0 Å². The van der Waals surface area contributed by atoms with Crippen LogP contribution in [0.3, 0.4) is 0 Å². The van der Waals surface area contributed by atoms with Gasteiger partial charge in [0, 0.05) is 5.92 Å². The van der Waals surface area contributed by atoms with Crippen molar-refractivity contribution in [2.24, 2.45) is 0 Å². The fourth-order valence-corrected chi connectivity index (χ4v) is 2.16. The summed E-state index contributed by atoms with van der Waals surface area (Å²) in [5, 5.41) is 0. The lowest BCUT2D eigenvalue weighted by molar-refractivity contribution is 0.703. The molecule has 0 nitrogen and oxygen atoms in total. The Morgan fingerprint density at radius 1 is 1.40 bits per heavy atom. The Kier molecular flexibility index (Phi) is 3.23. The van der Waals surface area contributed by atoms with Crippen molar-refractivity contribution in [2.75, 3.05) is 0 Å². The van der Waals surface area contributed by atoms with Crippen molar-refractivity contribution in [1.82, 2.24) is 0 Å². The van der Waals surface area contributed by atoms with Crippen LogP contribution < -0.4 is 0 Å². The molecule has 0 bridgehead atoms. The van der Waals surface area contributed by atoms with Crippen LogP contribution in [0.1, 0.15) is 39.0 Å². The van der Waals surface area contributed by atoms with Crippen LogP contribution in [0.25, 0.3) is 0 Å². The van der Waals surface area contributed by atoms with E-state index in [1.807, 2.05) is 0 Å². The van der Waals surface area contributed by atoms with Gasteiger partial charge in [0.15, 0.2) is 0 Å². The van der Waals surface area contributed by atoms with Crippen molar-refractivity contribution in [3.63, 3.8) is 0 Å². The van der Waals surface area contributed by atoms with E-state index in [-0.39, 0.29) is 3.23 Å². The van der Waals surface area contributed by atoms with Gasteiger partial charge in [-0.25, -0.2) is 0 Å². The molecule has 0 aromatic heterocycles. The molecule has 1 rings (SSSR count). The third kappa shape index (κ3) is 2.54. The molecule has 0 amide bonds. The van der Waals surface area contributed by atoms with Crippen molar-refractivity contribution >= 4 is 31.9 Å². The quantitative estimate of drug-likeness (QED) is 0.534. The van der Waals surface area contributed by atoms with Crippen LogP contribution in [0.4, 0.5) is 0 Å². The minimum absolute atomic E-state index is 0.258. The van der Waals surface area contributed by atoms with Crippen molar-refractivity contribution in [3.05, 3.63) is 5.92 Å². The molecule has 59 valence electrons. The molecule has 0 atom stereocenters. The second-order valence-corrected chi connectivity index (χ2v) is 6.71. The highest BCUT2D eigenvalue weighted by molar-refractivity contribution is 9.25. The molecule has 0 saturated heterocycles. The van der Waals surface area contributed by atoms with Gasteiger partial charge >= 0.3 is 0 Å². The zero-order valence-electron chi connectivity index (χ0n) is 6.29. The van der Waals surface area contributed by atoms with Crippen LogP contribution >= 0.6 is 31.9 Å². The molecule has 0 N–H and O–H groups in total. The van der Waals surface area contributed by atoms with E-state index in [9.17, 15) is 0 Å². The maximum Gasteiger partial charge on any atom is 0.0874 e. The largest absolute Gasteiger partial charge is 0.0874 e. The Morgan fingerprint density at radius 3 is 2.40 bits per heavy atom. The first kappa shape index (κ1) is 9.05. The number of rotatable bonds is 4. The van der Waals surface area contributed by atoms with Gasteiger partial charge in [-0.05, 0) is 12.8 Å². The number of alkyl halides is 2. The van der Waals surface area contributed by atoms with Crippen LogP contribution in [-0.2, 0) is 0 Å². The van der Waals surface area contributed by atoms with E-state index in [4.69, 9.17) is 0 Å². The summed E-state index contributed by atoms with van der Waals surface area (Å²) in [7, 11) is 0. The predicted molar refractivity (Wildman–Crippen MR) is 52.6 cm³/mol. The molecular weight excluding hydrogens is 256 g/mol. The molecule has 1 fully saturated rings. The minimum Gasteiger partial charge on any atom is -0.0721 e. The molecular formula is C8H13Br2. The van der Waals surface area contributed by atoms with Gasteiger partial charge in [0.05, 0.1) is 3.23 Å². The van der Waals surface area contributed by atoms with E-state index < -0.39 is 0 Å². The van der Waals surface area contributed by atoms with Gasteiger partial charge in [-0.2, -0.15) is 0 Å². The lowest BCUT2D eigenvalue weighted by Crippen LogP contribution is -1.86. The van der Waals surface area contributed by atoms with Gasteiger partial charge in [-0.1, -0.05) is 58.0 Å². The van der Waals surface area contributed by atoms with Crippen LogP contribution in [0, 0.1) is 5.92 Å². The van der Waals surface area contributed by atoms with Gasteiger partial charge in [0.25, 0.3) is 0 Å². The summed E-state index contributed by atoms with van der Waals surface area (Å²) in [6.45, 7) is 2.24. The fourth-order valence-electron chi connectivity index (χ4n) is 1.08. The SMILES string of the molecule is CCCCC[C]1CC1(Br)Br. The zero-order chi connectivity index (χ0) is 7.61. The van der Waals surface area contributed by atoms with E-state index in [2.05, 4.69) is 38.8 Å². The first-order chi connectivity index (χ1) is 4.67. The molecule has 0 aromatic rings. The molecule has 0 aliphatic heterocycles. The van der Waals surface area contributed by atoms with Crippen molar-refractivity contribution < 1.29 is 0 Å². The number of hydrogen-bond donors (Lipinski definition) is 0. The van der Waals surface area contributed by atoms with Gasteiger partial charge in [-0.15, -0.1) is 0 Å². The monoisotopic (exact) mass is 267 g/mol. The lowest BCUT2D eigenvalue weighted by Gasteiger charge is -1.97. The number of halogens is 2. The Balaban J connectivity index is 1.97. The second kappa shape index (κ2) is 3.57. The summed E-state index contributed by atoms with van der Waals surface area (Å²) in [6.07, 6.45) is 6.61. The second-order valence-electron chi connectivity index (χ2n) is 2.94. The van der Waals surface area contributed by atoms with Crippen LogP contribution in [0.5, 0.6) is 0 Å². The average Bonchev–Trinajstić information content (AvgIpc) is 2.41. The first-order valence-corrected chi connectivity index (χ1v) is 5.48. The maximum absolute atomic E-state index is 3.58. The minimum atomic E-state index is 0.258. The first-order valence-electron chi connectivity index (χ1n) is 3.90. The topological polar surface area (TPSA) is 0 Å². The molecule has 1 aliphatic carbocycles. The van der Waals surface area contributed by atoms with Crippen molar-refractivity contribution in [1.29, 1.82) is 0 Å². The summed E-state index contributed by atoms with van der Waals surface area (Å²) in [4.78, 5) is 0. The maximum atomic E-state index is 3.58. The van der Waals surface area contributed by atoms with E-state index in [0.717, 1.165) is 0 Å². The molecule has 1 radical (unpaired) electrons. The summed E-state index contributed by atoms with van der Waals surface area (Å²) in [5.41, 5.74) is 0. The molecule has 1 aliphatic rings. The molecule has 2 heteroatoms. The standard InChI is InChI=1S/C8H13Br2/c1-2-3-4-5-7-6-8(7,9)10/h2-6H2,1H3. The molecule has 1 saturated carbocycles. The molecule has 0 heterocycles. The molecule has 10 heavy (non-hydrogen) atoms. The highest BCUT2D eigenvalue weighted by atomic mass is 79.9.